The monoisotopic (exact) mass is 353 g/mol. The van der Waals surface area contributed by atoms with Gasteiger partial charge in [-0.05, 0) is 43.5 Å². The number of halogens is 1. The molecule has 1 atom stereocenters. The predicted molar refractivity (Wildman–Crippen MR) is 92.9 cm³/mol. The van der Waals surface area contributed by atoms with Crippen LogP contribution in [0.5, 0.6) is 5.75 Å². The topological polar surface area (TPSA) is 21.3 Å². The van der Waals surface area contributed by atoms with Crippen LogP contribution >= 0.6 is 15.9 Å². The first kappa shape index (κ1) is 16.8. The van der Waals surface area contributed by atoms with E-state index in [-0.39, 0.29) is 0 Å². The number of hydrogen-bond donors (Lipinski definition) is 1. The molecule has 0 radical (unpaired) electrons. The maximum absolute atomic E-state index is 5.56. The summed E-state index contributed by atoms with van der Waals surface area (Å²) in [5.74, 6) is 1.92. The minimum Gasteiger partial charge on any atom is -0.496 e. The molecule has 2 rings (SSSR count). The molecular weight excluding hydrogens is 326 g/mol. The van der Waals surface area contributed by atoms with Gasteiger partial charge >= 0.3 is 0 Å². The second kappa shape index (κ2) is 8.79. The highest BCUT2D eigenvalue weighted by atomic mass is 79.9. The van der Waals surface area contributed by atoms with Gasteiger partial charge in [-0.1, -0.05) is 55.0 Å². The molecule has 1 fully saturated rings. The van der Waals surface area contributed by atoms with Gasteiger partial charge in [0.25, 0.3) is 0 Å². The molecule has 0 saturated heterocycles. The van der Waals surface area contributed by atoms with Gasteiger partial charge in [0.15, 0.2) is 0 Å². The number of nitrogens with one attached hydrogen (secondary N) is 1. The first-order valence-electron chi connectivity index (χ1n) is 8.31. The molecule has 3 heteroatoms. The molecule has 0 heterocycles. The van der Waals surface area contributed by atoms with Crippen molar-refractivity contribution in [1.29, 1.82) is 0 Å². The fourth-order valence-corrected chi connectivity index (χ4v) is 3.85. The molecule has 118 valence electrons. The average molecular weight is 354 g/mol. The Hall–Kier alpha value is -0.540. The van der Waals surface area contributed by atoms with Crippen molar-refractivity contribution < 1.29 is 4.74 Å². The Kier molecular flexibility index (Phi) is 7.05. The summed E-state index contributed by atoms with van der Waals surface area (Å²) < 4.78 is 6.68. The quantitative estimate of drug-likeness (QED) is 0.701. The Morgan fingerprint density at radius 1 is 1.29 bits per heavy atom. The minimum atomic E-state index is 0.393. The summed E-state index contributed by atoms with van der Waals surface area (Å²) in [5.41, 5.74) is 1.28. The van der Waals surface area contributed by atoms with Gasteiger partial charge in [-0.3, -0.25) is 0 Å². The Labute approximate surface area is 137 Å². The summed E-state index contributed by atoms with van der Waals surface area (Å²) in [6.45, 7) is 3.17. The van der Waals surface area contributed by atoms with Crippen molar-refractivity contribution >= 4 is 15.9 Å². The molecule has 1 aromatic rings. The largest absolute Gasteiger partial charge is 0.496 e. The van der Waals surface area contributed by atoms with Crippen LogP contribution in [0, 0.1) is 5.92 Å². The van der Waals surface area contributed by atoms with Crippen LogP contribution in [0.4, 0.5) is 0 Å². The number of benzene rings is 1. The highest BCUT2D eigenvalue weighted by molar-refractivity contribution is 9.10. The van der Waals surface area contributed by atoms with E-state index in [4.69, 9.17) is 4.74 Å². The lowest BCUT2D eigenvalue weighted by Crippen LogP contribution is -2.22. The smallest absolute Gasteiger partial charge is 0.123 e. The van der Waals surface area contributed by atoms with Crippen molar-refractivity contribution in [3.63, 3.8) is 0 Å². The van der Waals surface area contributed by atoms with Crippen molar-refractivity contribution in [2.24, 2.45) is 5.92 Å². The zero-order chi connectivity index (χ0) is 15.1. The van der Waals surface area contributed by atoms with Gasteiger partial charge < -0.3 is 10.1 Å². The molecule has 21 heavy (non-hydrogen) atoms. The fraction of sp³-hybridized carbons (Fsp3) is 0.667. The highest BCUT2D eigenvalue weighted by Crippen LogP contribution is 2.34. The SMILES string of the molecule is CCNC(CCC1CCCCC1)c1cc(Br)ccc1OC. The molecule has 0 spiro atoms. The van der Waals surface area contributed by atoms with Crippen molar-refractivity contribution in [3.05, 3.63) is 28.2 Å². The molecule has 1 N–H and O–H groups in total. The Morgan fingerprint density at radius 3 is 2.71 bits per heavy atom. The van der Waals surface area contributed by atoms with Crippen molar-refractivity contribution in [3.8, 4) is 5.75 Å². The van der Waals surface area contributed by atoms with E-state index in [0.717, 1.165) is 22.7 Å². The summed E-state index contributed by atoms with van der Waals surface area (Å²) in [6, 6.07) is 6.70. The standard InChI is InChI=1S/C18H28BrNO/c1-3-20-17(11-9-14-7-5-4-6-8-14)16-13-15(19)10-12-18(16)21-2/h10,12-14,17,20H,3-9,11H2,1-2H3. The van der Waals surface area contributed by atoms with Crippen LogP contribution in [0.15, 0.2) is 22.7 Å². The summed E-state index contributed by atoms with van der Waals surface area (Å²) in [4.78, 5) is 0. The highest BCUT2D eigenvalue weighted by Gasteiger charge is 2.19. The van der Waals surface area contributed by atoms with E-state index < -0.39 is 0 Å². The van der Waals surface area contributed by atoms with Crippen LogP contribution in [0.25, 0.3) is 0 Å². The maximum atomic E-state index is 5.56. The van der Waals surface area contributed by atoms with E-state index in [1.165, 1.54) is 50.5 Å². The van der Waals surface area contributed by atoms with Gasteiger partial charge in [-0.2, -0.15) is 0 Å². The molecular formula is C18H28BrNO. The van der Waals surface area contributed by atoms with E-state index in [0.29, 0.717) is 6.04 Å². The molecule has 1 aliphatic carbocycles. The summed E-state index contributed by atoms with van der Waals surface area (Å²) in [5, 5.41) is 3.64. The zero-order valence-corrected chi connectivity index (χ0v) is 14.9. The fourth-order valence-electron chi connectivity index (χ4n) is 3.47. The second-order valence-corrected chi connectivity index (χ2v) is 6.99. The molecule has 1 aromatic carbocycles. The summed E-state index contributed by atoms with van der Waals surface area (Å²) in [6.07, 6.45) is 9.67. The molecule has 0 aromatic heterocycles. The molecule has 0 aliphatic heterocycles. The molecule has 1 unspecified atom stereocenters. The third-order valence-electron chi connectivity index (χ3n) is 4.61. The first-order chi connectivity index (χ1) is 10.2. The van der Waals surface area contributed by atoms with Gasteiger partial charge in [0.05, 0.1) is 7.11 Å². The summed E-state index contributed by atoms with van der Waals surface area (Å²) >= 11 is 3.59. The lowest BCUT2D eigenvalue weighted by molar-refractivity contribution is 0.312. The molecule has 2 nitrogen and oxygen atoms in total. The Bertz CT molecular complexity index is 429. The lowest BCUT2D eigenvalue weighted by atomic mass is 9.84. The van der Waals surface area contributed by atoms with Gasteiger partial charge in [-0.25, -0.2) is 0 Å². The molecule has 1 saturated carbocycles. The average Bonchev–Trinajstić information content (AvgIpc) is 2.52. The maximum Gasteiger partial charge on any atom is 0.123 e. The van der Waals surface area contributed by atoms with E-state index >= 15 is 0 Å². The van der Waals surface area contributed by atoms with Crippen LogP contribution in [-0.2, 0) is 0 Å². The number of methoxy groups -OCH3 is 1. The van der Waals surface area contributed by atoms with Gasteiger partial charge in [0, 0.05) is 16.1 Å². The zero-order valence-electron chi connectivity index (χ0n) is 13.3. The number of ether oxygens (including phenoxy) is 1. The number of rotatable bonds is 7. The number of hydrogen-bond acceptors (Lipinski definition) is 2. The van der Waals surface area contributed by atoms with Crippen LogP contribution in [0.1, 0.15) is 63.5 Å². The van der Waals surface area contributed by atoms with Gasteiger partial charge in [0.2, 0.25) is 0 Å². The van der Waals surface area contributed by atoms with Crippen LogP contribution in [0.2, 0.25) is 0 Å². The van der Waals surface area contributed by atoms with Gasteiger partial charge in [-0.15, -0.1) is 0 Å². The van der Waals surface area contributed by atoms with Crippen LogP contribution < -0.4 is 10.1 Å². The molecule has 0 bridgehead atoms. The normalized spacial score (nSPS) is 17.7. The van der Waals surface area contributed by atoms with Crippen molar-refractivity contribution in [1.82, 2.24) is 5.32 Å². The summed E-state index contributed by atoms with van der Waals surface area (Å²) in [7, 11) is 1.76. The van der Waals surface area contributed by atoms with Crippen LogP contribution in [0.3, 0.4) is 0 Å². The molecule has 1 aliphatic rings. The molecule has 0 amide bonds. The second-order valence-electron chi connectivity index (χ2n) is 6.08. The Morgan fingerprint density at radius 2 is 2.05 bits per heavy atom. The van der Waals surface area contributed by atoms with E-state index in [1.807, 2.05) is 6.07 Å². The van der Waals surface area contributed by atoms with Gasteiger partial charge in [0.1, 0.15) is 5.75 Å². The third kappa shape index (κ3) is 5.00. The lowest BCUT2D eigenvalue weighted by Gasteiger charge is -2.26. The van der Waals surface area contributed by atoms with Crippen molar-refractivity contribution in [2.45, 2.75) is 57.9 Å². The minimum absolute atomic E-state index is 0.393. The van der Waals surface area contributed by atoms with Crippen molar-refractivity contribution in [2.75, 3.05) is 13.7 Å². The third-order valence-corrected chi connectivity index (χ3v) is 5.10. The van der Waals surface area contributed by atoms with E-state index in [2.05, 4.69) is 40.3 Å². The predicted octanol–water partition coefficient (Wildman–Crippen LogP) is 5.47. The Balaban J connectivity index is 2.05. The van der Waals surface area contributed by atoms with E-state index in [9.17, 15) is 0 Å². The van der Waals surface area contributed by atoms with Crippen LogP contribution in [-0.4, -0.2) is 13.7 Å². The van der Waals surface area contributed by atoms with E-state index in [1.54, 1.807) is 7.11 Å². The first-order valence-corrected chi connectivity index (χ1v) is 9.10.